The topological polar surface area (TPSA) is 42.1 Å². The molecule has 2 rings (SSSR count). The molecule has 19 heavy (non-hydrogen) atoms. The van der Waals surface area contributed by atoms with E-state index in [2.05, 4.69) is 16.8 Å². The third kappa shape index (κ3) is 3.38. The van der Waals surface area contributed by atoms with Crippen LogP contribution in [0.15, 0.2) is 42.7 Å². The molecule has 2 N–H and O–H groups in total. The van der Waals surface area contributed by atoms with Gasteiger partial charge in [-0.3, -0.25) is 4.98 Å². The maximum absolute atomic E-state index is 6.23. The number of para-hydroxylation sites is 1. The minimum Gasteiger partial charge on any atom is -0.398 e. The van der Waals surface area contributed by atoms with Crippen LogP contribution in [-0.4, -0.2) is 11.5 Å². The molecular formula is C15H18ClN3. The van der Waals surface area contributed by atoms with E-state index < -0.39 is 0 Å². The molecule has 2 aromatic rings. The lowest BCUT2D eigenvalue weighted by Crippen LogP contribution is -2.24. The van der Waals surface area contributed by atoms with E-state index in [1.54, 1.807) is 12.4 Å². The number of nitrogen functional groups attached to an aromatic ring is 1. The van der Waals surface area contributed by atoms with E-state index in [9.17, 15) is 0 Å². The van der Waals surface area contributed by atoms with E-state index in [1.165, 1.54) is 0 Å². The highest BCUT2D eigenvalue weighted by molar-refractivity contribution is 6.33. The largest absolute Gasteiger partial charge is 0.398 e. The van der Waals surface area contributed by atoms with Gasteiger partial charge in [0.2, 0.25) is 0 Å². The number of nitrogens with two attached hydrogens (primary N) is 1. The fraction of sp³-hybridized carbons (Fsp3) is 0.267. The van der Waals surface area contributed by atoms with E-state index in [0.717, 1.165) is 36.4 Å². The van der Waals surface area contributed by atoms with Gasteiger partial charge in [-0.2, -0.15) is 0 Å². The predicted molar refractivity (Wildman–Crippen MR) is 81.4 cm³/mol. The second kappa shape index (κ2) is 6.43. The van der Waals surface area contributed by atoms with Crippen LogP contribution < -0.4 is 10.6 Å². The molecule has 1 aromatic carbocycles. The molecule has 1 heterocycles. The summed E-state index contributed by atoms with van der Waals surface area (Å²) in [7, 11) is 0. The molecule has 0 saturated heterocycles. The molecule has 0 aliphatic carbocycles. The number of hydrogen-bond donors (Lipinski definition) is 1. The molecule has 3 nitrogen and oxygen atoms in total. The molecule has 100 valence electrons. The van der Waals surface area contributed by atoms with Crippen LogP contribution in [-0.2, 0) is 6.54 Å². The molecule has 0 saturated carbocycles. The van der Waals surface area contributed by atoms with Gasteiger partial charge in [-0.15, -0.1) is 0 Å². The van der Waals surface area contributed by atoms with Gasteiger partial charge >= 0.3 is 0 Å². The predicted octanol–water partition coefficient (Wildman–Crippen LogP) is 3.73. The minimum atomic E-state index is 0.672. The van der Waals surface area contributed by atoms with Gasteiger partial charge in [0, 0.05) is 31.2 Å². The number of pyridine rings is 1. The lowest BCUT2D eigenvalue weighted by atomic mass is 10.1. The Balaban J connectivity index is 2.27. The molecule has 0 amide bonds. The van der Waals surface area contributed by atoms with Crippen LogP contribution in [0.2, 0.25) is 5.02 Å². The SMILES string of the molecule is CCCN(Cc1ccccc1N)c1ccncc1Cl. The highest BCUT2D eigenvalue weighted by atomic mass is 35.5. The second-order valence-electron chi connectivity index (χ2n) is 4.45. The number of aromatic nitrogens is 1. The van der Waals surface area contributed by atoms with Crippen LogP contribution in [0.25, 0.3) is 0 Å². The summed E-state index contributed by atoms with van der Waals surface area (Å²) in [5, 5.41) is 0.672. The average Bonchev–Trinajstić information content (AvgIpc) is 2.41. The second-order valence-corrected chi connectivity index (χ2v) is 4.85. The number of halogens is 1. The van der Waals surface area contributed by atoms with Crippen LogP contribution in [0.3, 0.4) is 0 Å². The zero-order valence-electron chi connectivity index (χ0n) is 11.0. The molecule has 0 fully saturated rings. The van der Waals surface area contributed by atoms with E-state index in [0.29, 0.717) is 5.02 Å². The Morgan fingerprint density at radius 2 is 2.05 bits per heavy atom. The zero-order valence-corrected chi connectivity index (χ0v) is 11.8. The molecule has 0 radical (unpaired) electrons. The third-order valence-electron chi connectivity index (χ3n) is 3.00. The van der Waals surface area contributed by atoms with Crippen molar-refractivity contribution in [2.45, 2.75) is 19.9 Å². The van der Waals surface area contributed by atoms with Crippen molar-refractivity contribution in [1.82, 2.24) is 4.98 Å². The highest BCUT2D eigenvalue weighted by Crippen LogP contribution is 2.27. The molecule has 0 aliphatic rings. The van der Waals surface area contributed by atoms with Gasteiger partial charge in [0.15, 0.2) is 0 Å². The lowest BCUT2D eigenvalue weighted by Gasteiger charge is -2.25. The van der Waals surface area contributed by atoms with Crippen LogP contribution in [0.1, 0.15) is 18.9 Å². The monoisotopic (exact) mass is 275 g/mol. The standard InChI is InChI=1S/C15H18ClN3/c1-2-9-19(15-7-8-18-10-13(15)16)11-12-5-3-4-6-14(12)17/h3-8,10H,2,9,11,17H2,1H3. The fourth-order valence-corrected chi connectivity index (χ4v) is 2.30. The smallest absolute Gasteiger partial charge is 0.0822 e. The van der Waals surface area contributed by atoms with E-state index in [1.807, 2.05) is 30.3 Å². The third-order valence-corrected chi connectivity index (χ3v) is 3.29. The molecular weight excluding hydrogens is 258 g/mol. The Labute approximate surface area is 119 Å². The average molecular weight is 276 g/mol. The van der Waals surface area contributed by atoms with Gasteiger partial charge in [0.1, 0.15) is 0 Å². The first-order valence-electron chi connectivity index (χ1n) is 6.40. The lowest BCUT2D eigenvalue weighted by molar-refractivity contribution is 0.768. The normalized spacial score (nSPS) is 10.4. The molecule has 0 atom stereocenters. The Morgan fingerprint density at radius 3 is 2.74 bits per heavy atom. The van der Waals surface area contributed by atoms with Gasteiger partial charge in [0.25, 0.3) is 0 Å². The highest BCUT2D eigenvalue weighted by Gasteiger charge is 2.11. The van der Waals surface area contributed by atoms with Crippen molar-refractivity contribution in [3.63, 3.8) is 0 Å². The Morgan fingerprint density at radius 1 is 1.26 bits per heavy atom. The van der Waals surface area contributed by atoms with Crippen LogP contribution >= 0.6 is 11.6 Å². The molecule has 1 aromatic heterocycles. The quantitative estimate of drug-likeness (QED) is 0.846. The fourth-order valence-electron chi connectivity index (χ4n) is 2.06. The van der Waals surface area contributed by atoms with Crippen LogP contribution in [0.5, 0.6) is 0 Å². The summed E-state index contributed by atoms with van der Waals surface area (Å²) in [6.45, 7) is 3.83. The minimum absolute atomic E-state index is 0.672. The van der Waals surface area contributed by atoms with Gasteiger partial charge in [0.05, 0.1) is 10.7 Å². The summed E-state index contributed by atoms with van der Waals surface area (Å²) in [5.74, 6) is 0. The van der Waals surface area contributed by atoms with Crippen molar-refractivity contribution in [2.75, 3.05) is 17.2 Å². The summed E-state index contributed by atoms with van der Waals surface area (Å²) >= 11 is 6.23. The van der Waals surface area contributed by atoms with Crippen LogP contribution in [0, 0.1) is 0 Å². The van der Waals surface area contributed by atoms with E-state index in [-0.39, 0.29) is 0 Å². The maximum atomic E-state index is 6.23. The Bertz CT molecular complexity index is 542. The first kappa shape index (κ1) is 13.7. The summed E-state index contributed by atoms with van der Waals surface area (Å²) in [4.78, 5) is 6.26. The number of nitrogens with zero attached hydrogens (tertiary/aromatic N) is 2. The van der Waals surface area contributed by atoms with Crippen molar-refractivity contribution in [3.05, 3.63) is 53.3 Å². The van der Waals surface area contributed by atoms with Crippen molar-refractivity contribution >= 4 is 23.0 Å². The number of rotatable bonds is 5. The summed E-state index contributed by atoms with van der Waals surface area (Å²) in [5.41, 5.74) is 8.94. The Hall–Kier alpha value is -1.74. The molecule has 4 heteroatoms. The van der Waals surface area contributed by atoms with Gasteiger partial charge in [-0.1, -0.05) is 36.7 Å². The van der Waals surface area contributed by atoms with E-state index in [4.69, 9.17) is 17.3 Å². The van der Waals surface area contributed by atoms with Gasteiger partial charge in [-0.05, 0) is 24.1 Å². The van der Waals surface area contributed by atoms with Crippen molar-refractivity contribution in [1.29, 1.82) is 0 Å². The van der Waals surface area contributed by atoms with Gasteiger partial charge < -0.3 is 10.6 Å². The summed E-state index contributed by atoms with van der Waals surface area (Å²) < 4.78 is 0. The Kier molecular flexibility index (Phi) is 4.63. The maximum Gasteiger partial charge on any atom is 0.0822 e. The first-order chi connectivity index (χ1) is 9.22. The number of benzene rings is 1. The summed E-state index contributed by atoms with van der Waals surface area (Å²) in [6, 6.07) is 9.87. The van der Waals surface area contributed by atoms with Gasteiger partial charge in [-0.25, -0.2) is 0 Å². The summed E-state index contributed by atoms with van der Waals surface area (Å²) in [6.07, 6.45) is 4.48. The number of anilines is 2. The van der Waals surface area contributed by atoms with Crippen LogP contribution in [0.4, 0.5) is 11.4 Å². The molecule has 0 bridgehead atoms. The van der Waals surface area contributed by atoms with Crippen molar-refractivity contribution in [3.8, 4) is 0 Å². The molecule has 0 spiro atoms. The molecule has 0 unspecified atom stereocenters. The zero-order chi connectivity index (χ0) is 13.7. The molecule has 0 aliphatic heterocycles. The van der Waals surface area contributed by atoms with Crippen molar-refractivity contribution < 1.29 is 0 Å². The van der Waals surface area contributed by atoms with Crippen molar-refractivity contribution in [2.24, 2.45) is 0 Å². The number of hydrogen-bond acceptors (Lipinski definition) is 3. The first-order valence-corrected chi connectivity index (χ1v) is 6.78. The van der Waals surface area contributed by atoms with E-state index >= 15 is 0 Å².